The van der Waals surface area contributed by atoms with Crippen molar-refractivity contribution in [3.8, 4) is 17.2 Å². The minimum atomic E-state index is -0.420. The number of carbonyl (C=O) groups is 2. The maximum atomic E-state index is 12.8. The van der Waals surface area contributed by atoms with Gasteiger partial charge in [0.25, 0.3) is 0 Å². The van der Waals surface area contributed by atoms with Crippen LogP contribution in [0.1, 0.15) is 26.2 Å². The zero-order valence-electron chi connectivity index (χ0n) is 16.9. The molecule has 1 aromatic rings. The smallest absolute Gasteiger partial charge is 0.227 e. The van der Waals surface area contributed by atoms with E-state index in [0.29, 0.717) is 41.9 Å². The van der Waals surface area contributed by atoms with Crippen LogP contribution in [0, 0.1) is 11.8 Å². The summed E-state index contributed by atoms with van der Waals surface area (Å²) in [6.07, 6.45) is 2.32. The molecule has 3 N–H and O–H groups in total. The lowest BCUT2D eigenvalue weighted by molar-refractivity contribution is -0.128. The fourth-order valence-corrected chi connectivity index (χ4v) is 3.78. The molecule has 1 saturated heterocycles. The number of benzene rings is 1. The van der Waals surface area contributed by atoms with E-state index in [4.69, 9.17) is 19.9 Å². The maximum absolute atomic E-state index is 12.8. The second-order valence-electron chi connectivity index (χ2n) is 7.67. The van der Waals surface area contributed by atoms with Crippen molar-refractivity contribution in [1.29, 1.82) is 0 Å². The lowest BCUT2D eigenvalue weighted by Gasteiger charge is -2.30. The highest BCUT2D eigenvalue weighted by Crippen LogP contribution is 2.42. The number of nitrogens with two attached hydrogens (primary N) is 1. The summed E-state index contributed by atoms with van der Waals surface area (Å²) in [6, 6.07) is 3.43. The molecule has 0 radical (unpaired) electrons. The molecule has 1 heterocycles. The van der Waals surface area contributed by atoms with E-state index in [1.54, 1.807) is 17.0 Å². The minimum absolute atomic E-state index is 0.115. The molecule has 0 aromatic heterocycles. The average Bonchev–Trinajstić information content (AvgIpc) is 3.49. The van der Waals surface area contributed by atoms with Gasteiger partial charge in [0.1, 0.15) is 0 Å². The highest BCUT2D eigenvalue weighted by Gasteiger charge is 2.44. The largest absolute Gasteiger partial charge is 0.493 e. The number of ether oxygens (including phenoxy) is 3. The standard InChI is InChI=1S/C20H29N3O5/c1-20(11-21,13-5-6-13)22-19(25)12-7-17(24)23(10-12)14-8-15(26-2)18(28-4)16(9-14)27-3/h8-9,12-13H,5-7,10-11,21H2,1-4H3,(H,22,25). The zero-order chi connectivity index (χ0) is 20.5. The molecule has 2 amide bonds. The first kappa shape index (κ1) is 20.3. The number of rotatable bonds is 8. The molecule has 0 spiro atoms. The van der Waals surface area contributed by atoms with Crippen LogP contribution in [0.4, 0.5) is 5.69 Å². The molecule has 8 nitrogen and oxygen atoms in total. The Kier molecular flexibility index (Phi) is 5.69. The van der Waals surface area contributed by atoms with E-state index < -0.39 is 11.5 Å². The third kappa shape index (κ3) is 3.73. The van der Waals surface area contributed by atoms with Gasteiger partial charge < -0.3 is 30.2 Å². The summed E-state index contributed by atoms with van der Waals surface area (Å²) < 4.78 is 16.1. The highest BCUT2D eigenvalue weighted by molar-refractivity contribution is 6.00. The summed E-state index contributed by atoms with van der Waals surface area (Å²) in [6.45, 7) is 2.67. The van der Waals surface area contributed by atoms with Gasteiger partial charge in [-0.25, -0.2) is 0 Å². The number of carbonyl (C=O) groups excluding carboxylic acids is 2. The number of anilines is 1. The second-order valence-corrected chi connectivity index (χ2v) is 7.67. The molecule has 1 aliphatic heterocycles. The molecule has 2 unspecified atom stereocenters. The highest BCUT2D eigenvalue weighted by atomic mass is 16.5. The van der Waals surface area contributed by atoms with E-state index in [0.717, 1.165) is 12.8 Å². The molecule has 8 heteroatoms. The van der Waals surface area contributed by atoms with E-state index in [9.17, 15) is 9.59 Å². The summed E-state index contributed by atoms with van der Waals surface area (Å²) in [5.74, 6) is 1.14. The van der Waals surface area contributed by atoms with Gasteiger partial charge in [0.2, 0.25) is 17.6 Å². The van der Waals surface area contributed by atoms with Crippen molar-refractivity contribution in [1.82, 2.24) is 5.32 Å². The lowest BCUT2D eigenvalue weighted by Crippen LogP contribution is -2.54. The van der Waals surface area contributed by atoms with Gasteiger partial charge in [-0.3, -0.25) is 9.59 Å². The first-order chi connectivity index (χ1) is 13.4. The van der Waals surface area contributed by atoms with Crippen molar-refractivity contribution in [3.05, 3.63) is 12.1 Å². The zero-order valence-corrected chi connectivity index (χ0v) is 16.9. The molecule has 0 bridgehead atoms. The second kappa shape index (κ2) is 7.87. The monoisotopic (exact) mass is 391 g/mol. The summed E-state index contributed by atoms with van der Waals surface area (Å²) in [4.78, 5) is 27.0. The summed E-state index contributed by atoms with van der Waals surface area (Å²) >= 11 is 0. The van der Waals surface area contributed by atoms with Crippen molar-refractivity contribution in [2.75, 3.05) is 39.3 Å². The fraction of sp³-hybridized carbons (Fsp3) is 0.600. The molecule has 1 saturated carbocycles. The third-order valence-electron chi connectivity index (χ3n) is 5.77. The van der Waals surface area contributed by atoms with Gasteiger partial charge >= 0.3 is 0 Å². The number of methoxy groups -OCH3 is 3. The Labute approximate surface area is 165 Å². The first-order valence-corrected chi connectivity index (χ1v) is 9.49. The number of nitrogens with zero attached hydrogens (tertiary/aromatic N) is 1. The van der Waals surface area contributed by atoms with Crippen LogP contribution in [0.2, 0.25) is 0 Å². The molecule has 1 aromatic carbocycles. The Balaban J connectivity index is 1.78. The Morgan fingerprint density at radius 1 is 1.21 bits per heavy atom. The molecule has 2 atom stereocenters. The number of hydrogen-bond donors (Lipinski definition) is 2. The number of amides is 2. The molecule has 154 valence electrons. The third-order valence-corrected chi connectivity index (χ3v) is 5.77. The number of nitrogens with one attached hydrogen (secondary N) is 1. The fourth-order valence-electron chi connectivity index (χ4n) is 3.78. The Morgan fingerprint density at radius 2 is 1.82 bits per heavy atom. The normalized spacial score (nSPS) is 21.2. The van der Waals surface area contributed by atoms with Crippen LogP contribution in [0.3, 0.4) is 0 Å². The van der Waals surface area contributed by atoms with Gasteiger partial charge in [-0.05, 0) is 25.7 Å². The van der Waals surface area contributed by atoms with E-state index in [1.165, 1.54) is 21.3 Å². The van der Waals surface area contributed by atoms with Crippen molar-refractivity contribution in [2.24, 2.45) is 17.6 Å². The van der Waals surface area contributed by atoms with E-state index >= 15 is 0 Å². The van der Waals surface area contributed by atoms with Crippen molar-refractivity contribution >= 4 is 17.5 Å². The topological polar surface area (TPSA) is 103 Å². The summed E-state index contributed by atoms with van der Waals surface area (Å²) in [5.41, 5.74) is 6.11. The predicted octanol–water partition coefficient (Wildman–Crippen LogP) is 1.31. The van der Waals surface area contributed by atoms with Crippen LogP contribution >= 0.6 is 0 Å². The lowest BCUT2D eigenvalue weighted by atomic mass is 9.94. The van der Waals surface area contributed by atoms with Gasteiger partial charge in [0, 0.05) is 31.6 Å². The van der Waals surface area contributed by atoms with Gasteiger partial charge in [0.05, 0.1) is 38.5 Å². The predicted molar refractivity (Wildman–Crippen MR) is 105 cm³/mol. The molecular formula is C20H29N3O5. The quantitative estimate of drug-likeness (QED) is 0.693. The molecule has 2 aliphatic rings. The van der Waals surface area contributed by atoms with Crippen molar-refractivity contribution in [2.45, 2.75) is 31.7 Å². The molecule has 3 rings (SSSR count). The van der Waals surface area contributed by atoms with E-state index in [1.807, 2.05) is 6.92 Å². The van der Waals surface area contributed by atoms with Crippen LogP contribution in [0.25, 0.3) is 0 Å². The average molecular weight is 391 g/mol. The van der Waals surface area contributed by atoms with E-state index in [2.05, 4.69) is 5.32 Å². The Hall–Kier alpha value is -2.48. The summed E-state index contributed by atoms with van der Waals surface area (Å²) in [7, 11) is 4.57. The van der Waals surface area contributed by atoms with Crippen molar-refractivity contribution < 1.29 is 23.8 Å². The van der Waals surface area contributed by atoms with Crippen LogP contribution < -0.4 is 30.2 Å². The first-order valence-electron chi connectivity index (χ1n) is 9.49. The number of hydrogen-bond acceptors (Lipinski definition) is 6. The molecule has 28 heavy (non-hydrogen) atoms. The van der Waals surface area contributed by atoms with E-state index in [-0.39, 0.29) is 18.2 Å². The summed E-state index contributed by atoms with van der Waals surface area (Å²) in [5, 5.41) is 3.09. The van der Waals surface area contributed by atoms with Crippen LogP contribution in [0.15, 0.2) is 12.1 Å². The molecule has 1 aliphatic carbocycles. The van der Waals surface area contributed by atoms with Gasteiger partial charge in [0.15, 0.2) is 11.5 Å². The van der Waals surface area contributed by atoms with Gasteiger partial charge in [-0.2, -0.15) is 0 Å². The SMILES string of the molecule is COc1cc(N2CC(C(=O)NC(C)(CN)C3CC3)CC2=O)cc(OC)c1OC. The van der Waals surface area contributed by atoms with Crippen LogP contribution in [-0.4, -0.2) is 51.8 Å². The van der Waals surface area contributed by atoms with Gasteiger partial charge in [-0.1, -0.05) is 0 Å². The Morgan fingerprint density at radius 3 is 2.29 bits per heavy atom. The Bertz CT molecular complexity index is 739. The maximum Gasteiger partial charge on any atom is 0.227 e. The molecular weight excluding hydrogens is 362 g/mol. The van der Waals surface area contributed by atoms with Gasteiger partial charge in [-0.15, -0.1) is 0 Å². The van der Waals surface area contributed by atoms with Crippen molar-refractivity contribution in [3.63, 3.8) is 0 Å². The minimum Gasteiger partial charge on any atom is -0.493 e. The van der Waals surface area contributed by atoms with Crippen LogP contribution in [-0.2, 0) is 9.59 Å². The van der Waals surface area contributed by atoms with Crippen LogP contribution in [0.5, 0.6) is 17.2 Å². The molecule has 2 fully saturated rings.